The van der Waals surface area contributed by atoms with Gasteiger partial charge in [-0.25, -0.2) is 8.78 Å². The van der Waals surface area contributed by atoms with Gasteiger partial charge >= 0.3 is 18.0 Å². The Hall–Kier alpha value is -4.70. The summed E-state index contributed by atoms with van der Waals surface area (Å²) in [4.78, 5) is 63.7. The topological polar surface area (TPSA) is 143 Å². The summed E-state index contributed by atoms with van der Waals surface area (Å²) in [5.41, 5.74) is -1.94. The van der Waals surface area contributed by atoms with E-state index in [2.05, 4.69) is 16.0 Å². The summed E-state index contributed by atoms with van der Waals surface area (Å²) in [6.45, 7) is 2.30. The third-order valence-corrected chi connectivity index (χ3v) is 6.83. The second-order valence-corrected chi connectivity index (χ2v) is 10.8. The molecule has 46 heavy (non-hydrogen) atoms. The molecular formula is C29H29F7N4O6. The van der Waals surface area contributed by atoms with Gasteiger partial charge in [-0.1, -0.05) is 26.0 Å². The Bertz CT molecular complexity index is 1470. The first kappa shape index (κ1) is 35.8. The Morgan fingerprint density at radius 3 is 2.15 bits per heavy atom. The number of para-hydroxylation sites is 1. The number of nitrogens with one attached hydrogen (secondary N) is 4. The van der Waals surface area contributed by atoms with Crippen LogP contribution in [-0.4, -0.2) is 54.6 Å². The van der Waals surface area contributed by atoms with Crippen molar-refractivity contribution in [3.63, 3.8) is 0 Å². The zero-order valence-corrected chi connectivity index (χ0v) is 24.3. The van der Waals surface area contributed by atoms with Crippen LogP contribution in [-0.2, 0) is 30.1 Å². The summed E-state index contributed by atoms with van der Waals surface area (Å²) < 4.78 is 99.9. The number of rotatable bonds is 12. The molecule has 1 heterocycles. The average molecular weight is 663 g/mol. The van der Waals surface area contributed by atoms with Crippen molar-refractivity contribution < 1.29 is 59.4 Å². The van der Waals surface area contributed by atoms with Gasteiger partial charge in [0.15, 0.2) is 23.2 Å². The fourth-order valence-electron chi connectivity index (χ4n) is 4.56. The van der Waals surface area contributed by atoms with Crippen molar-refractivity contribution in [2.45, 2.75) is 51.4 Å². The van der Waals surface area contributed by atoms with Crippen molar-refractivity contribution in [3.8, 4) is 5.75 Å². The molecule has 4 amide bonds. The van der Waals surface area contributed by atoms with Gasteiger partial charge in [-0.3, -0.25) is 24.0 Å². The van der Waals surface area contributed by atoms with Crippen LogP contribution in [0.4, 0.5) is 36.4 Å². The van der Waals surface area contributed by atoms with E-state index < -0.39 is 100 Å². The summed E-state index contributed by atoms with van der Waals surface area (Å²) in [5.74, 6) is -15.7. The highest BCUT2D eigenvalue weighted by molar-refractivity contribution is 6.40. The predicted molar refractivity (Wildman–Crippen MR) is 146 cm³/mol. The molecular weight excluding hydrogens is 633 g/mol. The average Bonchev–Trinajstić information content (AvgIpc) is 3.38. The SMILES string of the molecule is CC(C)C[C@H](NC(=O)C(=O)Nc1ccccc1C(F)(F)F)C(=O)N[C@@H](C[C@@H]1CCNC1=O)C(=O)COc1c(F)c(F)cc(F)c1F. The Kier molecular flexibility index (Phi) is 11.7. The van der Waals surface area contributed by atoms with E-state index in [-0.39, 0.29) is 37.8 Å². The second-order valence-electron chi connectivity index (χ2n) is 10.8. The van der Waals surface area contributed by atoms with Crippen molar-refractivity contribution in [3.05, 3.63) is 59.2 Å². The van der Waals surface area contributed by atoms with Crippen LogP contribution in [0.3, 0.4) is 0 Å². The van der Waals surface area contributed by atoms with Crippen molar-refractivity contribution >= 4 is 35.1 Å². The maximum absolute atomic E-state index is 14.0. The minimum absolute atomic E-state index is 0.0699. The van der Waals surface area contributed by atoms with Gasteiger partial charge in [-0.15, -0.1) is 0 Å². The normalized spacial score (nSPS) is 16.0. The lowest BCUT2D eigenvalue weighted by atomic mass is 9.95. The predicted octanol–water partition coefficient (Wildman–Crippen LogP) is 3.39. The van der Waals surface area contributed by atoms with Crippen molar-refractivity contribution in [1.29, 1.82) is 0 Å². The molecule has 1 aliphatic rings. The third-order valence-electron chi connectivity index (χ3n) is 6.83. The first-order valence-corrected chi connectivity index (χ1v) is 13.8. The highest BCUT2D eigenvalue weighted by Gasteiger charge is 2.36. The van der Waals surface area contributed by atoms with E-state index in [4.69, 9.17) is 4.74 Å². The molecule has 3 rings (SSSR count). The van der Waals surface area contributed by atoms with Gasteiger partial charge in [-0.2, -0.15) is 22.0 Å². The van der Waals surface area contributed by atoms with Crippen LogP contribution in [0.5, 0.6) is 5.75 Å². The van der Waals surface area contributed by atoms with Gasteiger partial charge in [0.25, 0.3) is 0 Å². The molecule has 1 aliphatic heterocycles. The zero-order valence-electron chi connectivity index (χ0n) is 24.3. The van der Waals surface area contributed by atoms with E-state index in [1.807, 2.05) is 5.32 Å². The van der Waals surface area contributed by atoms with Crippen LogP contribution >= 0.6 is 0 Å². The van der Waals surface area contributed by atoms with Crippen molar-refractivity contribution in [2.75, 3.05) is 18.5 Å². The Morgan fingerprint density at radius 2 is 1.59 bits per heavy atom. The first-order chi connectivity index (χ1) is 21.5. The minimum Gasteiger partial charge on any atom is -0.479 e. The van der Waals surface area contributed by atoms with E-state index in [9.17, 15) is 54.7 Å². The number of benzene rings is 2. The number of hydrogen-bond acceptors (Lipinski definition) is 6. The molecule has 0 aliphatic carbocycles. The zero-order chi connectivity index (χ0) is 34.3. The van der Waals surface area contributed by atoms with Crippen molar-refractivity contribution in [1.82, 2.24) is 16.0 Å². The van der Waals surface area contributed by atoms with Crippen LogP contribution in [0.25, 0.3) is 0 Å². The molecule has 0 radical (unpaired) electrons. The van der Waals surface area contributed by atoms with Gasteiger partial charge in [0.1, 0.15) is 12.6 Å². The van der Waals surface area contributed by atoms with Gasteiger partial charge < -0.3 is 26.0 Å². The van der Waals surface area contributed by atoms with Crippen LogP contribution in [0.1, 0.15) is 38.7 Å². The Balaban J connectivity index is 1.78. The lowest BCUT2D eigenvalue weighted by Gasteiger charge is -2.25. The highest BCUT2D eigenvalue weighted by atomic mass is 19.4. The largest absolute Gasteiger partial charge is 0.479 e. The molecule has 3 atom stereocenters. The summed E-state index contributed by atoms with van der Waals surface area (Å²) in [7, 11) is 0. The second kappa shape index (κ2) is 15.1. The maximum atomic E-state index is 14.0. The lowest BCUT2D eigenvalue weighted by molar-refractivity contribution is -0.139. The smallest absolute Gasteiger partial charge is 0.418 e. The number of carbonyl (C=O) groups excluding carboxylic acids is 5. The third kappa shape index (κ3) is 9.17. The Morgan fingerprint density at radius 1 is 0.957 bits per heavy atom. The monoisotopic (exact) mass is 662 g/mol. The molecule has 2 aromatic carbocycles. The van der Waals surface area contributed by atoms with Gasteiger partial charge in [-0.05, 0) is 37.3 Å². The van der Waals surface area contributed by atoms with Crippen LogP contribution < -0.4 is 26.0 Å². The molecule has 0 saturated carbocycles. The molecule has 4 N–H and O–H groups in total. The fraction of sp³-hybridized carbons (Fsp3) is 0.414. The van der Waals surface area contributed by atoms with Crippen LogP contribution in [0.15, 0.2) is 30.3 Å². The number of anilines is 1. The molecule has 0 unspecified atom stereocenters. The number of ether oxygens (including phenoxy) is 1. The molecule has 1 fully saturated rings. The van der Waals surface area contributed by atoms with E-state index >= 15 is 0 Å². The summed E-state index contributed by atoms with van der Waals surface area (Å²) in [5, 5.41) is 8.78. The number of carbonyl (C=O) groups is 5. The quantitative estimate of drug-likeness (QED) is 0.156. The van der Waals surface area contributed by atoms with Gasteiger partial charge in [0.2, 0.25) is 23.4 Å². The van der Waals surface area contributed by atoms with E-state index in [0.717, 1.165) is 12.1 Å². The number of hydrogen-bond donors (Lipinski definition) is 4. The number of halogens is 7. The van der Waals surface area contributed by atoms with Crippen molar-refractivity contribution in [2.24, 2.45) is 11.8 Å². The summed E-state index contributed by atoms with van der Waals surface area (Å²) >= 11 is 0. The Labute approximate surface area is 257 Å². The molecule has 0 bridgehead atoms. The molecule has 0 spiro atoms. The number of ketones is 1. The first-order valence-electron chi connectivity index (χ1n) is 13.8. The number of alkyl halides is 3. The summed E-state index contributed by atoms with van der Waals surface area (Å²) in [6, 6.07) is 0.669. The number of amides is 4. The van der Waals surface area contributed by atoms with Crippen LogP contribution in [0.2, 0.25) is 0 Å². The van der Waals surface area contributed by atoms with E-state index in [1.54, 1.807) is 13.8 Å². The lowest BCUT2D eigenvalue weighted by Crippen LogP contribution is -2.54. The molecule has 10 nitrogen and oxygen atoms in total. The minimum atomic E-state index is -4.86. The highest BCUT2D eigenvalue weighted by Crippen LogP contribution is 2.34. The maximum Gasteiger partial charge on any atom is 0.418 e. The molecule has 0 aromatic heterocycles. The molecule has 1 saturated heterocycles. The van der Waals surface area contributed by atoms with E-state index in [0.29, 0.717) is 6.07 Å². The molecule has 2 aromatic rings. The van der Waals surface area contributed by atoms with Crippen LogP contribution in [0, 0.1) is 35.1 Å². The summed E-state index contributed by atoms with van der Waals surface area (Å²) in [6.07, 6.45) is -5.10. The van der Waals surface area contributed by atoms with Gasteiger partial charge in [0, 0.05) is 18.5 Å². The molecule has 250 valence electrons. The molecule has 17 heteroatoms. The van der Waals surface area contributed by atoms with E-state index in [1.165, 1.54) is 6.07 Å². The standard InChI is InChI=1S/C29H29F7N4O6/c1-13(2)9-20(40-28(45)27(44)38-18-6-4-3-5-15(18)29(34,35)36)26(43)39-19(10-14-7-8-37-25(14)42)21(41)12-46-24-22(32)16(30)11-17(31)23(24)33/h3-6,11,13-14,19-20H,7-10,12H2,1-2H3,(H,37,42)(H,38,44)(H,39,43)(H,40,45)/t14-,19-,20-/m0/s1. The fourth-order valence-corrected chi connectivity index (χ4v) is 4.56. The number of Topliss-reactive ketones (excluding diaryl/α,β-unsaturated/α-hetero) is 1. The van der Waals surface area contributed by atoms with Gasteiger partial charge in [0.05, 0.1) is 17.3 Å².